The van der Waals surface area contributed by atoms with E-state index in [1.54, 1.807) is 6.07 Å². The highest BCUT2D eigenvalue weighted by atomic mass is 16.1. The van der Waals surface area contributed by atoms with Crippen molar-refractivity contribution in [2.24, 2.45) is 0 Å². The number of aromatic amines is 1. The second-order valence-electron chi connectivity index (χ2n) is 6.53. The number of nitrogens with zero attached hydrogens (tertiary/aromatic N) is 1. The Bertz CT molecular complexity index is 978. The Morgan fingerprint density at radius 3 is 2.69 bits per heavy atom. The maximum absolute atomic E-state index is 12.2. The maximum atomic E-state index is 12.2. The standard InChI is InChI=1S/C21H23N3O2/c1-14-8-3-4-9-16(14)15(2)22-20(25)13-7-12-19-23-18-11-6-5-10-17(18)21(26)24-19/h3-6,8-11,15H,7,12-13H2,1-2H3,(H,22,25)(H,23,24,26)/t15-/m1/s1. The van der Waals surface area contributed by atoms with Gasteiger partial charge in [0.1, 0.15) is 5.82 Å². The van der Waals surface area contributed by atoms with Crippen molar-refractivity contribution in [1.29, 1.82) is 0 Å². The summed E-state index contributed by atoms with van der Waals surface area (Å²) in [7, 11) is 0. The fourth-order valence-electron chi connectivity index (χ4n) is 3.13. The monoisotopic (exact) mass is 349 g/mol. The third kappa shape index (κ3) is 4.17. The van der Waals surface area contributed by atoms with E-state index in [0.717, 1.165) is 5.56 Å². The van der Waals surface area contributed by atoms with Crippen LogP contribution in [0.5, 0.6) is 0 Å². The van der Waals surface area contributed by atoms with E-state index >= 15 is 0 Å². The first-order valence-electron chi connectivity index (χ1n) is 8.87. The number of amides is 1. The van der Waals surface area contributed by atoms with Gasteiger partial charge in [0, 0.05) is 12.8 Å². The number of nitrogens with one attached hydrogen (secondary N) is 2. The van der Waals surface area contributed by atoms with E-state index in [-0.39, 0.29) is 17.5 Å². The molecule has 0 spiro atoms. The normalized spacial score (nSPS) is 12.1. The minimum atomic E-state index is -0.136. The summed E-state index contributed by atoms with van der Waals surface area (Å²) < 4.78 is 0. The van der Waals surface area contributed by atoms with Crippen LogP contribution in [0.4, 0.5) is 0 Å². The molecule has 1 amide bonds. The molecule has 5 heteroatoms. The number of carbonyl (C=O) groups excluding carboxylic acids is 1. The summed E-state index contributed by atoms with van der Waals surface area (Å²) in [5, 5.41) is 3.62. The van der Waals surface area contributed by atoms with E-state index in [0.29, 0.717) is 36.0 Å². The number of carbonyl (C=O) groups is 1. The van der Waals surface area contributed by atoms with Crippen LogP contribution in [0.15, 0.2) is 53.3 Å². The Morgan fingerprint density at radius 2 is 1.88 bits per heavy atom. The molecule has 1 atom stereocenters. The lowest BCUT2D eigenvalue weighted by atomic mass is 10.0. The number of benzene rings is 2. The minimum absolute atomic E-state index is 0.00360. The topological polar surface area (TPSA) is 74.8 Å². The summed E-state index contributed by atoms with van der Waals surface area (Å²) in [6, 6.07) is 15.3. The van der Waals surface area contributed by atoms with Gasteiger partial charge in [-0.15, -0.1) is 0 Å². The largest absolute Gasteiger partial charge is 0.350 e. The molecule has 1 heterocycles. The number of rotatable bonds is 6. The molecule has 3 rings (SSSR count). The van der Waals surface area contributed by atoms with Crippen LogP contribution in [0, 0.1) is 6.92 Å². The van der Waals surface area contributed by atoms with Crippen molar-refractivity contribution in [2.75, 3.05) is 0 Å². The van der Waals surface area contributed by atoms with Crippen molar-refractivity contribution in [2.45, 2.75) is 39.2 Å². The summed E-state index contributed by atoms with van der Waals surface area (Å²) in [6.07, 6.45) is 1.59. The number of aryl methyl sites for hydroxylation is 2. The van der Waals surface area contributed by atoms with Crippen LogP contribution in [-0.2, 0) is 11.2 Å². The van der Waals surface area contributed by atoms with Crippen molar-refractivity contribution < 1.29 is 4.79 Å². The van der Waals surface area contributed by atoms with E-state index in [2.05, 4.69) is 15.3 Å². The van der Waals surface area contributed by atoms with Gasteiger partial charge in [-0.3, -0.25) is 9.59 Å². The fourth-order valence-corrected chi connectivity index (χ4v) is 3.13. The zero-order chi connectivity index (χ0) is 18.5. The highest BCUT2D eigenvalue weighted by molar-refractivity contribution is 5.77. The first kappa shape index (κ1) is 17.9. The molecule has 0 aliphatic carbocycles. The molecule has 0 aliphatic heterocycles. The van der Waals surface area contributed by atoms with Crippen LogP contribution in [0.1, 0.15) is 42.8 Å². The van der Waals surface area contributed by atoms with Gasteiger partial charge in [0.2, 0.25) is 5.91 Å². The molecule has 0 aliphatic rings. The third-order valence-electron chi connectivity index (χ3n) is 4.51. The van der Waals surface area contributed by atoms with Crippen LogP contribution in [-0.4, -0.2) is 15.9 Å². The molecule has 2 N–H and O–H groups in total. The Hall–Kier alpha value is -2.95. The number of hydrogen-bond acceptors (Lipinski definition) is 3. The highest BCUT2D eigenvalue weighted by Gasteiger charge is 2.11. The Balaban J connectivity index is 1.56. The van der Waals surface area contributed by atoms with Gasteiger partial charge in [-0.2, -0.15) is 0 Å². The molecule has 26 heavy (non-hydrogen) atoms. The number of para-hydroxylation sites is 1. The van der Waals surface area contributed by atoms with Crippen molar-refractivity contribution in [1.82, 2.24) is 15.3 Å². The quantitative estimate of drug-likeness (QED) is 0.716. The van der Waals surface area contributed by atoms with Gasteiger partial charge in [0.15, 0.2) is 0 Å². The van der Waals surface area contributed by atoms with E-state index < -0.39 is 0 Å². The second kappa shape index (κ2) is 7.95. The molecule has 134 valence electrons. The average Bonchev–Trinajstić information content (AvgIpc) is 2.62. The number of aromatic nitrogens is 2. The zero-order valence-corrected chi connectivity index (χ0v) is 15.1. The lowest BCUT2D eigenvalue weighted by molar-refractivity contribution is -0.121. The van der Waals surface area contributed by atoms with E-state index in [9.17, 15) is 9.59 Å². The van der Waals surface area contributed by atoms with E-state index in [1.807, 2.05) is 56.3 Å². The zero-order valence-electron chi connectivity index (χ0n) is 15.1. The molecule has 2 aromatic carbocycles. The van der Waals surface area contributed by atoms with Crippen LogP contribution in [0.3, 0.4) is 0 Å². The first-order valence-corrected chi connectivity index (χ1v) is 8.87. The highest BCUT2D eigenvalue weighted by Crippen LogP contribution is 2.17. The summed E-state index contributed by atoms with van der Waals surface area (Å²) >= 11 is 0. The molecule has 0 saturated heterocycles. The second-order valence-corrected chi connectivity index (χ2v) is 6.53. The predicted molar refractivity (Wildman–Crippen MR) is 103 cm³/mol. The maximum Gasteiger partial charge on any atom is 0.258 e. The van der Waals surface area contributed by atoms with Crippen LogP contribution < -0.4 is 10.9 Å². The molecule has 0 saturated carbocycles. The smallest absolute Gasteiger partial charge is 0.258 e. The Labute approximate surface area is 152 Å². The van der Waals surface area contributed by atoms with Gasteiger partial charge in [0.25, 0.3) is 5.56 Å². The summed E-state index contributed by atoms with van der Waals surface area (Å²) in [4.78, 5) is 31.5. The summed E-state index contributed by atoms with van der Waals surface area (Å²) in [5.41, 5.74) is 2.84. The predicted octanol–water partition coefficient (Wildman–Crippen LogP) is 3.43. The van der Waals surface area contributed by atoms with E-state index in [4.69, 9.17) is 0 Å². The van der Waals surface area contributed by atoms with Gasteiger partial charge >= 0.3 is 0 Å². The number of H-pyrrole nitrogens is 1. The summed E-state index contributed by atoms with van der Waals surface area (Å²) in [6.45, 7) is 4.03. The number of fused-ring (bicyclic) bond motifs is 1. The van der Waals surface area contributed by atoms with Crippen molar-refractivity contribution >= 4 is 16.8 Å². The fraction of sp³-hybridized carbons (Fsp3) is 0.286. The molecule has 1 aromatic heterocycles. The lowest BCUT2D eigenvalue weighted by Crippen LogP contribution is -2.27. The molecular formula is C21H23N3O2. The van der Waals surface area contributed by atoms with Gasteiger partial charge in [-0.05, 0) is 43.5 Å². The lowest BCUT2D eigenvalue weighted by Gasteiger charge is -2.16. The van der Waals surface area contributed by atoms with Gasteiger partial charge in [-0.1, -0.05) is 36.4 Å². The first-order chi connectivity index (χ1) is 12.5. The third-order valence-corrected chi connectivity index (χ3v) is 4.51. The van der Waals surface area contributed by atoms with Crippen molar-refractivity contribution in [3.8, 4) is 0 Å². The Kier molecular flexibility index (Phi) is 5.46. The Morgan fingerprint density at radius 1 is 1.15 bits per heavy atom. The molecule has 0 radical (unpaired) electrons. The van der Waals surface area contributed by atoms with Crippen LogP contribution in [0.2, 0.25) is 0 Å². The molecule has 0 unspecified atom stereocenters. The van der Waals surface area contributed by atoms with Gasteiger partial charge in [0.05, 0.1) is 16.9 Å². The summed E-state index contributed by atoms with van der Waals surface area (Å²) in [5.74, 6) is 0.623. The van der Waals surface area contributed by atoms with Crippen molar-refractivity contribution in [3.63, 3.8) is 0 Å². The molecule has 0 fully saturated rings. The van der Waals surface area contributed by atoms with Crippen molar-refractivity contribution in [3.05, 3.63) is 75.8 Å². The molecule has 3 aromatic rings. The van der Waals surface area contributed by atoms with Gasteiger partial charge < -0.3 is 10.3 Å². The van der Waals surface area contributed by atoms with Crippen LogP contribution >= 0.6 is 0 Å². The average molecular weight is 349 g/mol. The number of hydrogen-bond donors (Lipinski definition) is 2. The molecular weight excluding hydrogens is 326 g/mol. The minimum Gasteiger partial charge on any atom is -0.350 e. The molecule has 5 nitrogen and oxygen atoms in total. The van der Waals surface area contributed by atoms with E-state index in [1.165, 1.54) is 5.56 Å². The SMILES string of the molecule is Cc1ccccc1[C@@H](C)NC(=O)CCCc1nc2ccccc2c(=O)[nH]1. The van der Waals surface area contributed by atoms with Crippen LogP contribution in [0.25, 0.3) is 10.9 Å². The molecule has 0 bridgehead atoms. The van der Waals surface area contributed by atoms with Gasteiger partial charge in [-0.25, -0.2) is 4.98 Å².